The van der Waals surface area contributed by atoms with Crippen LogP contribution in [0.25, 0.3) is 6.08 Å². The summed E-state index contributed by atoms with van der Waals surface area (Å²) in [7, 11) is 0. The van der Waals surface area contributed by atoms with E-state index < -0.39 is 11.8 Å². The molecule has 0 saturated heterocycles. The summed E-state index contributed by atoms with van der Waals surface area (Å²) in [5.41, 5.74) is 1.30. The Kier molecular flexibility index (Phi) is 4.41. The molecule has 104 valence electrons. The first-order chi connectivity index (χ1) is 9.60. The summed E-state index contributed by atoms with van der Waals surface area (Å²) < 4.78 is 13.4. The van der Waals surface area contributed by atoms with Crippen LogP contribution in [0.3, 0.4) is 0 Å². The average Bonchev–Trinajstić information content (AvgIpc) is 3.20. The van der Waals surface area contributed by atoms with E-state index in [0.29, 0.717) is 18.0 Å². The molecule has 0 aliphatic heterocycles. The summed E-state index contributed by atoms with van der Waals surface area (Å²) in [5.74, 6) is 1.77. The van der Waals surface area contributed by atoms with Crippen molar-refractivity contribution in [2.75, 3.05) is 18.0 Å². The highest BCUT2D eigenvalue weighted by Crippen LogP contribution is 2.32. The van der Waals surface area contributed by atoms with E-state index in [2.05, 4.69) is 5.92 Å². The summed E-state index contributed by atoms with van der Waals surface area (Å²) in [6.45, 7) is 1.25. The fourth-order valence-electron chi connectivity index (χ4n) is 2.08. The van der Waals surface area contributed by atoms with Crippen molar-refractivity contribution in [3.63, 3.8) is 0 Å². The van der Waals surface area contributed by atoms with Crippen molar-refractivity contribution in [2.24, 2.45) is 5.92 Å². The lowest BCUT2D eigenvalue weighted by atomic mass is 10.1. The number of nitrogens with zero attached hydrogens (tertiary/aromatic N) is 1. The maximum Gasteiger partial charge on any atom is 0.328 e. The van der Waals surface area contributed by atoms with Gasteiger partial charge in [0.1, 0.15) is 5.82 Å². The number of aliphatic carboxylic acids is 1. The van der Waals surface area contributed by atoms with Crippen LogP contribution in [0.5, 0.6) is 0 Å². The van der Waals surface area contributed by atoms with Crippen molar-refractivity contribution in [1.29, 1.82) is 0 Å². The molecule has 1 aromatic carbocycles. The molecule has 4 heteroatoms. The van der Waals surface area contributed by atoms with Crippen LogP contribution in [0.15, 0.2) is 24.3 Å². The molecule has 0 aromatic heterocycles. The predicted molar refractivity (Wildman–Crippen MR) is 76.8 cm³/mol. The van der Waals surface area contributed by atoms with Gasteiger partial charge in [-0.05, 0) is 43.0 Å². The first kappa shape index (κ1) is 14.1. The van der Waals surface area contributed by atoms with Crippen LogP contribution in [-0.2, 0) is 4.79 Å². The summed E-state index contributed by atoms with van der Waals surface area (Å²) >= 11 is 0. The molecule has 0 radical (unpaired) electrons. The molecule has 1 saturated carbocycles. The number of halogens is 1. The molecule has 0 amide bonds. The molecule has 0 atom stereocenters. The fraction of sp³-hybridized carbons (Fsp3) is 0.312. The standard InChI is InChI=1S/C16H16FNO2/c1-2-9-18(11-12-3-4-12)15-7-6-14(17)10-13(15)5-8-16(19)20/h1,5-8,10,12H,3-4,9,11H2,(H,19,20)/b8-5+. The molecule has 1 aromatic rings. The first-order valence-corrected chi connectivity index (χ1v) is 6.49. The van der Waals surface area contributed by atoms with E-state index in [0.717, 1.165) is 18.3 Å². The Balaban J connectivity index is 2.31. The van der Waals surface area contributed by atoms with Gasteiger partial charge in [0.15, 0.2) is 0 Å². The number of hydrogen-bond acceptors (Lipinski definition) is 2. The van der Waals surface area contributed by atoms with Gasteiger partial charge < -0.3 is 10.0 Å². The number of rotatable bonds is 6. The zero-order valence-electron chi connectivity index (χ0n) is 11.1. The lowest BCUT2D eigenvalue weighted by molar-refractivity contribution is -0.131. The molecule has 0 spiro atoms. The van der Waals surface area contributed by atoms with Gasteiger partial charge in [-0.3, -0.25) is 0 Å². The van der Waals surface area contributed by atoms with Crippen LogP contribution < -0.4 is 4.90 Å². The van der Waals surface area contributed by atoms with E-state index in [1.807, 2.05) is 4.90 Å². The molecule has 3 nitrogen and oxygen atoms in total. The number of carboxylic acid groups (broad SMARTS) is 1. The highest BCUT2D eigenvalue weighted by atomic mass is 19.1. The number of benzene rings is 1. The Morgan fingerprint density at radius 2 is 2.30 bits per heavy atom. The fourth-order valence-corrected chi connectivity index (χ4v) is 2.08. The van der Waals surface area contributed by atoms with Gasteiger partial charge in [0.25, 0.3) is 0 Å². The zero-order valence-corrected chi connectivity index (χ0v) is 11.1. The van der Waals surface area contributed by atoms with Crippen molar-refractivity contribution in [3.8, 4) is 12.3 Å². The smallest absolute Gasteiger partial charge is 0.328 e. The Labute approximate surface area is 117 Å². The SMILES string of the molecule is C#CCN(CC1CC1)c1ccc(F)cc1/C=C/C(=O)O. The molecule has 0 heterocycles. The second kappa shape index (κ2) is 6.25. The molecule has 2 rings (SSSR count). The summed E-state index contributed by atoms with van der Waals surface area (Å²) in [6.07, 6.45) is 10.2. The predicted octanol–water partition coefficient (Wildman–Crippen LogP) is 2.77. The van der Waals surface area contributed by atoms with E-state index in [-0.39, 0.29) is 0 Å². The Bertz CT molecular complexity index is 570. The van der Waals surface area contributed by atoms with Crippen LogP contribution in [0.4, 0.5) is 10.1 Å². The van der Waals surface area contributed by atoms with E-state index in [9.17, 15) is 9.18 Å². The zero-order chi connectivity index (χ0) is 14.5. The maximum atomic E-state index is 13.4. The minimum Gasteiger partial charge on any atom is -0.478 e. The van der Waals surface area contributed by atoms with Gasteiger partial charge in [0.05, 0.1) is 6.54 Å². The van der Waals surface area contributed by atoms with Gasteiger partial charge >= 0.3 is 5.97 Å². The van der Waals surface area contributed by atoms with Crippen molar-refractivity contribution in [3.05, 3.63) is 35.7 Å². The number of anilines is 1. The monoisotopic (exact) mass is 273 g/mol. The molecular formula is C16H16FNO2. The van der Waals surface area contributed by atoms with Crippen molar-refractivity contribution < 1.29 is 14.3 Å². The molecule has 20 heavy (non-hydrogen) atoms. The molecule has 1 N–H and O–H groups in total. The molecule has 1 aliphatic carbocycles. The molecule has 0 unspecified atom stereocenters. The van der Waals surface area contributed by atoms with Crippen molar-refractivity contribution >= 4 is 17.7 Å². The minimum absolute atomic E-state index is 0.397. The second-order valence-corrected chi connectivity index (χ2v) is 4.90. The quantitative estimate of drug-likeness (QED) is 0.640. The number of carbonyl (C=O) groups is 1. The van der Waals surface area contributed by atoms with Gasteiger partial charge in [-0.2, -0.15) is 0 Å². The van der Waals surface area contributed by atoms with Gasteiger partial charge in [0.2, 0.25) is 0 Å². The molecular weight excluding hydrogens is 257 g/mol. The molecule has 0 bridgehead atoms. The van der Waals surface area contributed by atoms with Crippen LogP contribution in [0, 0.1) is 24.1 Å². The average molecular weight is 273 g/mol. The lowest BCUT2D eigenvalue weighted by Crippen LogP contribution is -2.26. The van der Waals surface area contributed by atoms with Crippen LogP contribution >= 0.6 is 0 Å². The number of terminal acetylenes is 1. The summed E-state index contributed by atoms with van der Waals surface area (Å²) in [5, 5.41) is 8.71. The van der Waals surface area contributed by atoms with Gasteiger partial charge in [-0.15, -0.1) is 6.42 Å². The Hall–Kier alpha value is -2.28. The van der Waals surface area contributed by atoms with Gasteiger partial charge in [0, 0.05) is 23.9 Å². The normalized spacial score (nSPS) is 14.2. The Morgan fingerprint density at radius 1 is 1.55 bits per heavy atom. The summed E-state index contributed by atoms with van der Waals surface area (Å²) in [6, 6.07) is 4.34. The summed E-state index contributed by atoms with van der Waals surface area (Å²) in [4.78, 5) is 12.6. The number of carboxylic acids is 1. The first-order valence-electron chi connectivity index (χ1n) is 6.49. The van der Waals surface area contributed by atoms with Gasteiger partial charge in [-0.1, -0.05) is 5.92 Å². The highest BCUT2D eigenvalue weighted by Gasteiger charge is 2.25. The number of hydrogen-bond donors (Lipinski definition) is 1. The Morgan fingerprint density at radius 3 is 2.90 bits per heavy atom. The van der Waals surface area contributed by atoms with E-state index in [4.69, 9.17) is 11.5 Å². The second-order valence-electron chi connectivity index (χ2n) is 4.90. The topological polar surface area (TPSA) is 40.5 Å². The largest absolute Gasteiger partial charge is 0.478 e. The molecule has 1 aliphatic rings. The van der Waals surface area contributed by atoms with Crippen LogP contribution in [0.1, 0.15) is 18.4 Å². The highest BCUT2D eigenvalue weighted by molar-refractivity contribution is 5.87. The van der Waals surface area contributed by atoms with E-state index >= 15 is 0 Å². The third-order valence-electron chi connectivity index (χ3n) is 3.19. The molecule has 1 fully saturated rings. The van der Waals surface area contributed by atoms with Crippen LogP contribution in [0.2, 0.25) is 0 Å². The van der Waals surface area contributed by atoms with Crippen molar-refractivity contribution in [1.82, 2.24) is 0 Å². The lowest BCUT2D eigenvalue weighted by Gasteiger charge is -2.24. The third-order valence-corrected chi connectivity index (χ3v) is 3.19. The van der Waals surface area contributed by atoms with E-state index in [1.165, 1.54) is 31.1 Å². The minimum atomic E-state index is -1.06. The maximum absolute atomic E-state index is 13.4. The van der Waals surface area contributed by atoms with Crippen LogP contribution in [-0.4, -0.2) is 24.2 Å². The van der Waals surface area contributed by atoms with Crippen molar-refractivity contribution in [2.45, 2.75) is 12.8 Å². The van der Waals surface area contributed by atoms with Gasteiger partial charge in [-0.25, -0.2) is 9.18 Å². The van der Waals surface area contributed by atoms with E-state index in [1.54, 1.807) is 6.07 Å². The third kappa shape index (κ3) is 3.86.